The Morgan fingerprint density at radius 1 is 1.11 bits per heavy atom. The fraction of sp³-hybridized carbons (Fsp3) is 0.294. The lowest BCUT2D eigenvalue weighted by Gasteiger charge is -2.16. The molecule has 0 amide bonds. The lowest BCUT2D eigenvalue weighted by Crippen LogP contribution is -2.06. The number of nitrogens with one attached hydrogen (secondary N) is 1. The van der Waals surface area contributed by atoms with E-state index in [-0.39, 0.29) is 0 Å². The number of halogens is 1. The molecule has 1 N–H and O–H groups in total. The van der Waals surface area contributed by atoms with Gasteiger partial charge in [-0.25, -0.2) is 0 Å². The summed E-state index contributed by atoms with van der Waals surface area (Å²) in [5.41, 5.74) is 5.10. The quantitative estimate of drug-likeness (QED) is 0.785. The summed E-state index contributed by atoms with van der Waals surface area (Å²) in [7, 11) is 0. The van der Waals surface area contributed by atoms with Crippen molar-refractivity contribution < 1.29 is 0 Å². The molecule has 0 aliphatic carbocycles. The summed E-state index contributed by atoms with van der Waals surface area (Å²) < 4.78 is 1.14. The molecule has 2 heteroatoms. The van der Waals surface area contributed by atoms with E-state index in [1.807, 2.05) is 0 Å². The lowest BCUT2D eigenvalue weighted by molar-refractivity contribution is 0.882. The van der Waals surface area contributed by atoms with Gasteiger partial charge in [-0.3, -0.25) is 0 Å². The number of rotatable bonds is 4. The molecule has 0 saturated carbocycles. The molecule has 0 aliphatic heterocycles. The van der Waals surface area contributed by atoms with Gasteiger partial charge in [0.1, 0.15) is 0 Å². The first-order chi connectivity index (χ1) is 9.10. The van der Waals surface area contributed by atoms with Crippen LogP contribution in [-0.4, -0.2) is 0 Å². The van der Waals surface area contributed by atoms with Crippen molar-refractivity contribution in [3.8, 4) is 0 Å². The Kier molecular flexibility index (Phi) is 4.65. The molecule has 0 saturated heterocycles. The minimum atomic E-state index is 0.306. The van der Waals surface area contributed by atoms with E-state index in [0.29, 0.717) is 6.04 Å². The molecule has 0 radical (unpaired) electrons. The fourth-order valence-electron chi connectivity index (χ4n) is 2.06. The Balaban J connectivity index is 2.10. The van der Waals surface area contributed by atoms with Crippen molar-refractivity contribution in [1.82, 2.24) is 0 Å². The molecule has 0 fully saturated rings. The molecule has 0 aliphatic rings. The normalized spacial score (nSPS) is 12.2. The van der Waals surface area contributed by atoms with Gasteiger partial charge in [-0.1, -0.05) is 53.2 Å². The van der Waals surface area contributed by atoms with E-state index in [1.165, 1.54) is 16.7 Å². The van der Waals surface area contributed by atoms with E-state index in [0.717, 1.165) is 16.6 Å². The number of hydrogen-bond acceptors (Lipinski definition) is 1. The van der Waals surface area contributed by atoms with Crippen LogP contribution in [0.2, 0.25) is 0 Å². The van der Waals surface area contributed by atoms with E-state index in [9.17, 15) is 0 Å². The van der Waals surface area contributed by atoms with Gasteiger partial charge in [0.25, 0.3) is 0 Å². The molecule has 2 aromatic carbocycles. The van der Waals surface area contributed by atoms with Crippen LogP contribution in [0.5, 0.6) is 0 Å². The minimum absolute atomic E-state index is 0.306. The molecule has 100 valence electrons. The summed E-state index contributed by atoms with van der Waals surface area (Å²) in [6, 6.07) is 15.5. The van der Waals surface area contributed by atoms with Crippen LogP contribution in [0, 0.1) is 6.92 Å². The first-order valence-electron chi connectivity index (χ1n) is 6.71. The zero-order valence-electron chi connectivity index (χ0n) is 11.7. The number of aryl methyl sites for hydroxylation is 2. The van der Waals surface area contributed by atoms with Crippen LogP contribution in [-0.2, 0) is 6.42 Å². The Morgan fingerprint density at radius 3 is 2.37 bits per heavy atom. The Bertz CT molecular complexity index is 546. The molecule has 2 rings (SSSR count). The molecule has 19 heavy (non-hydrogen) atoms. The van der Waals surface area contributed by atoms with Crippen LogP contribution >= 0.6 is 15.9 Å². The van der Waals surface area contributed by atoms with Crippen molar-refractivity contribution in [3.05, 3.63) is 63.6 Å². The van der Waals surface area contributed by atoms with E-state index in [2.05, 4.69) is 84.5 Å². The van der Waals surface area contributed by atoms with Gasteiger partial charge >= 0.3 is 0 Å². The van der Waals surface area contributed by atoms with Gasteiger partial charge in [0.15, 0.2) is 0 Å². The molecule has 1 nitrogen and oxygen atoms in total. The second-order valence-electron chi connectivity index (χ2n) is 4.93. The largest absolute Gasteiger partial charge is 0.378 e. The summed E-state index contributed by atoms with van der Waals surface area (Å²) in [6.07, 6.45) is 1.09. The zero-order valence-corrected chi connectivity index (χ0v) is 13.3. The van der Waals surface area contributed by atoms with Crippen molar-refractivity contribution in [1.29, 1.82) is 0 Å². The molecule has 1 atom stereocenters. The first-order valence-corrected chi connectivity index (χ1v) is 7.51. The fourth-order valence-corrected chi connectivity index (χ4v) is 2.44. The highest BCUT2D eigenvalue weighted by Crippen LogP contribution is 2.24. The zero-order chi connectivity index (χ0) is 13.8. The van der Waals surface area contributed by atoms with Crippen LogP contribution in [0.3, 0.4) is 0 Å². The summed E-state index contributed by atoms with van der Waals surface area (Å²) >= 11 is 3.57. The van der Waals surface area contributed by atoms with E-state index >= 15 is 0 Å². The van der Waals surface area contributed by atoms with Gasteiger partial charge in [-0.15, -0.1) is 0 Å². The van der Waals surface area contributed by atoms with Crippen LogP contribution in [0.15, 0.2) is 46.9 Å². The lowest BCUT2D eigenvalue weighted by atomic mass is 10.0. The Morgan fingerprint density at radius 2 is 1.79 bits per heavy atom. The molecule has 2 aromatic rings. The average Bonchev–Trinajstić information content (AvgIpc) is 2.43. The maximum Gasteiger partial charge on any atom is 0.0485 e. The van der Waals surface area contributed by atoms with Crippen LogP contribution in [0.4, 0.5) is 5.69 Å². The van der Waals surface area contributed by atoms with Gasteiger partial charge in [0.05, 0.1) is 0 Å². The molecule has 0 aromatic heterocycles. The van der Waals surface area contributed by atoms with Crippen molar-refractivity contribution >= 4 is 21.6 Å². The third-order valence-corrected chi connectivity index (χ3v) is 4.30. The highest BCUT2D eigenvalue weighted by atomic mass is 79.9. The second-order valence-corrected chi connectivity index (χ2v) is 5.78. The predicted octanol–water partition coefficient (Wildman–Crippen LogP) is 5.49. The standard InChI is InChI=1S/C17H20BrN/c1-4-14-6-8-15(9-7-14)13(3)19-16-10-5-12(2)17(18)11-16/h5-11,13,19H,4H2,1-3H3. The van der Waals surface area contributed by atoms with Crippen molar-refractivity contribution in [2.24, 2.45) is 0 Å². The van der Waals surface area contributed by atoms with Crippen molar-refractivity contribution in [2.45, 2.75) is 33.2 Å². The number of hydrogen-bond donors (Lipinski definition) is 1. The first kappa shape index (κ1) is 14.1. The van der Waals surface area contributed by atoms with Gasteiger partial charge in [0, 0.05) is 16.2 Å². The van der Waals surface area contributed by atoms with Crippen molar-refractivity contribution in [3.63, 3.8) is 0 Å². The molecule has 1 unspecified atom stereocenters. The third kappa shape index (κ3) is 3.60. The van der Waals surface area contributed by atoms with Crippen LogP contribution in [0.25, 0.3) is 0 Å². The summed E-state index contributed by atoms with van der Waals surface area (Å²) in [4.78, 5) is 0. The molecule has 0 bridgehead atoms. The Hall–Kier alpha value is -1.28. The Labute approximate surface area is 124 Å². The van der Waals surface area contributed by atoms with E-state index < -0.39 is 0 Å². The van der Waals surface area contributed by atoms with Crippen LogP contribution < -0.4 is 5.32 Å². The highest BCUT2D eigenvalue weighted by Gasteiger charge is 2.06. The third-order valence-electron chi connectivity index (χ3n) is 3.44. The van der Waals surface area contributed by atoms with Gasteiger partial charge in [-0.05, 0) is 49.1 Å². The molecular weight excluding hydrogens is 298 g/mol. The topological polar surface area (TPSA) is 12.0 Å². The maximum atomic E-state index is 3.57. The van der Waals surface area contributed by atoms with Crippen LogP contribution in [0.1, 0.15) is 36.6 Å². The summed E-state index contributed by atoms with van der Waals surface area (Å²) in [5.74, 6) is 0. The maximum absolute atomic E-state index is 3.57. The SMILES string of the molecule is CCc1ccc(C(C)Nc2ccc(C)c(Br)c2)cc1. The number of anilines is 1. The van der Waals surface area contributed by atoms with Gasteiger partial charge < -0.3 is 5.32 Å². The average molecular weight is 318 g/mol. The van der Waals surface area contributed by atoms with Crippen molar-refractivity contribution in [2.75, 3.05) is 5.32 Å². The monoisotopic (exact) mass is 317 g/mol. The summed E-state index contributed by atoms with van der Waals surface area (Å²) in [5, 5.41) is 3.53. The van der Waals surface area contributed by atoms with Gasteiger partial charge in [0.2, 0.25) is 0 Å². The molecule has 0 spiro atoms. The summed E-state index contributed by atoms with van der Waals surface area (Å²) in [6.45, 7) is 6.47. The second kappa shape index (κ2) is 6.25. The molecule has 0 heterocycles. The minimum Gasteiger partial charge on any atom is -0.378 e. The van der Waals surface area contributed by atoms with E-state index in [1.54, 1.807) is 0 Å². The highest BCUT2D eigenvalue weighted by molar-refractivity contribution is 9.10. The predicted molar refractivity (Wildman–Crippen MR) is 86.7 cm³/mol. The van der Waals surface area contributed by atoms with Gasteiger partial charge in [-0.2, -0.15) is 0 Å². The smallest absolute Gasteiger partial charge is 0.0485 e. The van der Waals surface area contributed by atoms with E-state index in [4.69, 9.17) is 0 Å². The number of benzene rings is 2. The molecular formula is C17H20BrN.